The lowest BCUT2D eigenvalue weighted by molar-refractivity contribution is 0.850. The Kier molecular flexibility index (Phi) is 2.12. The van der Waals surface area contributed by atoms with Crippen LogP contribution in [-0.2, 0) is 0 Å². The minimum Gasteiger partial charge on any atom is -0.319 e. The van der Waals surface area contributed by atoms with Crippen molar-refractivity contribution in [1.29, 1.82) is 0 Å². The van der Waals surface area contributed by atoms with Crippen LogP contribution in [0.15, 0.2) is 31.2 Å². The molecule has 1 aromatic heterocycles. The van der Waals surface area contributed by atoms with Crippen molar-refractivity contribution in [2.75, 3.05) is 0 Å². The summed E-state index contributed by atoms with van der Waals surface area (Å²) in [6, 6.07) is -0.200. The monoisotopic (exact) mass is 135 g/mol. The minimum atomic E-state index is -0.200. The fraction of sp³-hybridized carbons (Fsp3) is 0.143. The van der Waals surface area contributed by atoms with Gasteiger partial charge >= 0.3 is 0 Å². The molecule has 1 unspecified atom stereocenters. The van der Waals surface area contributed by atoms with E-state index in [2.05, 4.69) is 16.5 Å². The summed E-state index contributed by atoms with van der Waals surface area (Å²) in [5.74, 6) is 0. The molecule has 1 atom stereocenters. The zero-order valence-electron chi connectivity index (χ0n) is 5.57. The first-order chi connectivity index (χ1) is 4.84. The SMILES string of the molecule is C=CC(N)c1cnccn1. The zero-order chi connectivity index (χ0) is 7.40. The predicted molar refractivity (Wildman–Crippen MR) is 39.2 cm³/mol. The van der Waals surface area contributed by atoms with Crippen molar-refractivity contribution in [3.05, 3.63) is 36.9 Å². The fourth-order valence-corrected chi connectivity index (χ4v) is 0.604. The molecule has 0 aromatic carbocycles. The van der Waals surface area contributed by atoms with Gasteiger partial charge in [-0.1, -0.05) is 6.08 Å². The third kappa shape index (κ3) is 1.39. The van der Waals surface area contributed by atoms with Crippen molar-refractivity contribution < 1.29 is 0 Å². The van der Waals surface area contributed by atoms with E-state index in [4.69, 9.17) is 5.73 Å². The van der Waals surface area contributed by atoms with Gasteiger partial charge in [-0.05, 0) is 0 Å². The third-order valence-electron chi connectivity index (χ3n) is 1.18. The van der Waals surface area contributed by atoms with Crippen LogP contribution in [0.3, 0.4) is 0 Å². The Labute approximate surface area is 59.6 Å². The smallest absolute Gasteiger partial charge is 0.0793 e. The molecule has 0 saturated heterocycles. The predicted octanol–water partition coefficient (Wildman–Crippen LogP) is 0.662. The summed E-state index contributed by atoms with van der Waals surface area (Å²) in [6.45, 7) is 3.54. The van der Waals surface area contributed by atoms with Crippen LogP contribution in [0.1, 0.15) is 11.7 Å². The highest BCUT2D eigenvalue weighted by Crippen LogP contribution is 2.03. The van der Waals surface area contributed by atoms with E-state index in [-0.39, 0.29) is 6.04 Å². The van der Waals surface area contributed by atoms with E-state index >= 15 is 0 Å². The van der Waals surface area contributed by atoms with Gasteiger partial charge < -0.3 is 5.73 Å². The van der Waals surface area contributed by atoms with Crippen LogP contribution in [0.5, 0.6) is 0 Å². The van der Waals surface area contributed by atoms with E-state index < -0.39 is 0 Å². The summed E-state index contributed by atoms with van der Waals surface area (Å²) < 4.78 is 0. The summed E-state index contributed by atoms with van der Waals surface area (Å²) in [5, 5.41) is 0. The normalized spacial score (nSPS) is 12.5. The largest absolute Gasteiger partial charge is 0.319 e. The number of nitrogens with zero attached hydrogens (tertiary/aromatic N) is 2. The van der Waals surface area contributed by atoms with E-state index in [0.29, 0.717) is 0 Å². The molecular weight excluding hydrogens is 126 g/mol. The van der Waals surface area contributed by atoms with Crippen LogP contribution in [0.2, 0.25) is 0 Å². The molecule has 0 aliphatic rings. The van der Waals surface area contributed by atoms with Crippen molar-refractivity contribution in [2.45, 2.75) is 6.04 Å². The lowest BCUT2D eigenvalue weighted by Crippen LogP contribution is -2.08. The van der Waals surface area contributed by atoms with E-state index in [9.17, 15) is 0 Å². The van der Waals surface area contributed by atoms with Gasteiger partial charge in [-0.3, -0.25) is 9.97 Å². The van der Waals surface area contributed by atoms with E-state index in [1.807, 2.05) is 0 Å². The maximum absolute atomic E-state index is 5.57. The van der Waals surface area contributed by atoms with Crippen LogP contribution in [0.4, 0.5) is 0 Å². The number of aromatic nitrogens is 2. The second-order valence-electron chi connectivity index (χ2n) is 1.89. The van der Waals surface area contributed by atoms with Gasteiger partial charge in [-0.25, -0.2) is 0 Å². The third-order valence-corrected chi connectivity index (χ3v) is 1.18. The molecule has 1 aromatic rings. The van der Waals surface area contributed by atoms with Gasteiger partial charge in [-0.15, -0.1) is 6.58 Å². The number of nitrogens with two attached hydrogens (primary N) is 1. The molecular formula is C7H9N3. The first kappa shape index (κ1) is 6.89. The van der Waals surface area contributed by atoms with Crippen LogP contribution in [0, 0.1) is 0 Å². The van der Waals surface area contributed by atoms with Crippen LogP contribution >= 0.6 is 0 Å². The molecule has 3 nitrogen and oxygen atoms in total. The van der Waals surface area contributed by atoms with Gasteiger partial charge in [0.1, 0.15) is 0 Å². The number of rotatable bonds is 2. The molecule has 0 radical (unpaired) electrons. The van der Waals surface area contributed by atoms with Gasteiger partial charge in [0.25, 0.3) is 0 Å². The quantitative estimate of drug-likeness (QED) is 0.606. The van der Waals surface area contributed by atoms with Crippen LogP contribution in [-0.4, -0.2) is 9.97 Å². The highest BCUT2D eigenvalue weighted by Gasteiger charge is 1.99. The maximum atomic E-state index is 5.57. The molecule has 0 saturated carbocycles. The van der Waals surface area contributed by atoms with Crippen molar-refractivity contribution in [2.24, 2.45) is 5.73 Å². The summed E-state index contributed by atoms with van der Waals surface area (Å²) in [4.78, 5) is 7.85. The Bertz CT molecular complexity index is 207. The van der Waals surface area contributed by atoms with Gasteiger partial charge in [-0.2, -0.15) is 0 Å². The molecule has 0 spiro atoms. The second-order valence-corrected chi connectivity index (χ2v) is 1.89. The van der Waals surface area contributed by atoms with Gasteiger partial charge in [0.2, 0.25) is 0 Å². The summed E-state index contributed by atoms with van der Waals surface area (Å²) >= 11 is 0. The average Bonchev–Trinajstić information content (AvgIpc) is 2.05. The van der Waals surface area contributed by atoms with E-state index in [1.165, 1.54) is 0 Å². The second kappa shape index (κ2) is 3.08. The van der Waals surface area contributed by atoms with Gasteiger partial charge in [0.15, 0.2) is 0 Å². The molecule has 0 bridgehead atoms. The first-order valence-electron chi connectivity index (χ1n) is 2.98. The fourth-order valence-electron chi connectivity index (χ4n) is 0.604. The molecule has 10 heavy (non-hydrogen) atoms. The highest BCUT2D eigenvalue weighted by molar-refractivity contribution is 5.07. The molecule has 0 aliphatic heterocycles. The molecule has 1 heterocycles. The molecule has 0 aliphatic carbocycles. The molecule has 0 fully saturated rings. The van der Waals surface area contributed by atoms with Crippen molar-refractivity contribution in [3.8, 4) is 0 Å². The summed E-state index contributed by atoms with van der Waals surface area (Å²) in [7, 11) is 0. The Morgan fingerprint density at radius 2 is 2.40 bits per heavy atom. The average molecular weight is 135 g/mol. The minimum absolute atomic E-state index is 0.200. The summed E-state index contributed by atoms with van der Waals surface area (Å²) in [6.07, 6.45) is 6.48. The Morgan fingerprint density at radius 3 is 2.90 bits per heavy atom. The molecule has 3 heteroatoms. The molecule has 52 valence electrons. The first-order valence-corrected chi connectivity index (χ1v) is 2.98. The lowest BCUT2D eigenvalue weighted by atomic mass is 10.2. The molecule has 2 N–H and O–H groups in total. The number of hydrogen-bond donors (Lipinski definition) is 1. The maximum Gasteiger partial charge on any atom is 0.0793 e. The van der Waals surface area contributed by atoms with E-state index in [0.717, 1.165) is 5.69 Å². The van der Waals surface area contributed by atoms with E-state index in [1.54, 1.807) is 24.7 Å². The molecule has 0 amide bonds. The van der Waals surface area contributed by atoms with Crippen molar-refractivity contribution in [3.63, 3.8) is 0 Å². The topological polar surface area (TPSA) is 51.8 Å². The lowest BCUT2D eigenvalue weighted by Gasteiger charge is -2.01. The molecule has 1 rings (SSSR count). The standard InChI is InChI=1S/C7H9N3/c1-2-6(8)7-5-9-3-4-10-7/h2-6H,1,8H2. The van der Waals surface area contributed by atoms with Gasteiger partial charge in [0.05, 0.1) is 17.9 Å². The Balaban J connectivity index is 2.84. The van der Waals surface area contributed by atoms with Crippen molar-refractivity contribution >= 4 is 0 Å². The van der Waals surface area contributed by atoms with Gasteiger partial charge in [0, 0.05) is 12.4 Å². The van der Waals surface area contributed by atoms with Crippen molar-refractivity contribution in [1.82, 2.24) is 9.97 Å². The number of hydrogen-bond acceptors (Lipinski definition) is 3. The highest BCUT2D eigenvalue weighted by atomic mass is 14.8. The van der Waals surface area contributed by atoms with Crippen LogP contribution < -0.4 is 5.73 Å². The summed E-state index contributed by atoms with van der Waals surface area (Å²) in [5.41, 5.74) is 6.32. The zero-order valence-corrected chi connectivity index (χ0v) is 5.57. The van der Waals surface area contributed by atoms with Crippen LogP contribution in [0.25, 0.3) is 0 Å². The Morgan fingerprint density at radius 1 is 1.60 bits per heavy atom. The Hall–Kier alpha value is -1.22.